The average Bonchev–Trinajstić information content (AvgIpc) is 1.65. The van der Waals surface area contributed by atoms with Crippen LogP contribution in [-0.4, -0.2) is 14.8 Å². The molecule has 2 N–H and O–H groups in total. The molecule has 0 spiro atoms. The normalized spacial score (nSPS) is 14.2. The van der Waals surface area contributed by atoms with E-state index in [9.17, 15) is 0 Å². The van der Waals surface area contributed by atoms with Crippen LogP contribution in [0.3, 0.4) is 0 Å². The van der Waals surface area contributed by atoms with Gasteiger partial charge in [-0.05, 0) is 0 Å². The lowest BCUT2D eigenvalue weighted by molar-refractivity contribution is 1.18. The molecule has 3 heteroatoms. The molecule has 0 aliphatic heterocycles. The minimum atomic E-state index is 0.177. The Labute approximate surface area is 45.1 Å². The Bertz CT molecular complexity index is 48.1. The van der Waals surface area contributed by atoms with Crippen LogP contribution in [0, 0.1) is 0 Å². The van der Waals surface area contributed by atoms with Crippen LogP contribution >= 0.6 is 11.2 Å². The molecule has 0 aromatic rings. The van der Waals surface area contributed by atoms with Crippen LogP contribution in [0.15, 0.2) is 12.7 Å². The first kappa shape index (κ1) is 6.27. The van der Waals surface area contributed by atoms with Crippen LogP contribution in [0.4, 0.5) is 0 Å². The number of hydrogen-bond donors (Lipinski definition) is 1. The molecule has 1 atom stereocenters. The van der Waals surface area contributed by atoms with Crippen LogP contribution in [0.1, 0.15) is 0 Å². The summed E-state index contributed by atoms with van der Waals surface area (Å²) in [5.41, 5.74) is 5.35. The van der Waals surface area contributed by atoms with Crippen molar-refractivity contribution in [2.24, 2.45) is 5.73 Å². The van der Waals surface area contributed by atoms with E-state index in [1.165, 1.54) is 0 Å². The van der Waals surface area contributed by atoms with Crippen molar-refractivity contribution in [1.82, 2.24) is 0 Å². The van der Waals surface area contributed by atoms with Crippen molar-refractivity contribution >= 4 is 20.6 Å². The first-order valence-corrected chi connectivity index (χ1v) is 5.46. The smallest absolute Gasteiger partial charge is 0.0718 e. The van der Waals surface area contributed by atoms with Crippen molar-refractivity contribution in [3.63, 3.8) is 0 Å². The van der Waals surface area contributed by atoms with E-state index in [1.807, 2.05) is 0 Å². The summed E-state index contributed by atoms with van der Waals surface area (Å²) in [6.07, 6.45) is 1.75. The molecule has 0 aromatic carbocycles. The molecule has 0 aromatic heterocycles. The van der Waals surface area contributed by atoms with Gasteiger partial charge in [0, 0.05) is 0 Å². The molecular weight excluding hydrogens is 110 g/mol. The lowest BCUT2D eigenvalue weighted by atomic mass is 10.7. The first-order chi connectivity index (χ1) is 2.81. The fraction of sp³-hybridized carbons (Fsp3) is 0.333. The van der Waals surface area contributed by atoms with E-state index in [0.717, 1.165) is 9.39 Å². The molecule has 0 aliphatic carbocycles. The maximum absolute atomic E-state index is 5.35. The highest BCUT2D eigenvalue weighted by Gasteiger charge is 1.83. The Morgan fingerprint density at radius 1 is 2.00 bits per heavy atom. The van der Waals surface area contributed by atoms with Gasteiger partial charge in [0.05, 0.1) is 14.8 Å². The number of hydrogen-bond acceptors (Lipinski definition) is 2. The van der Waals surface area contributed by atoms with E-state index in [0.29, 0.717) is 0 Å². The molecule has 36 valence electrons. The fourth-order valence-corrected chi connectivity index (χ4v) is 0.866. The van der Waals surface area contributed by atoms with Gasteiger partial charge in [-0.2, -0.15) is 11.2 Å². The van der Waals surface area contributed by atoms with Crippen molar-refractivity contribution in [3.8, 4) is 0 Å². The summed E-state index contributed by atoms with van der Waals surface area (Å²) in [4.78, 5) is 0. The highest BCUT2D eigenvalue weighted by Crippen LogP contribution is 1.95. The summed E-state index contributed by atoms with van der Waals surface area (Å²) in [6.45, 7) is 3.51. The molecule has 0 fully saturated rings. The lowest BCUT2D eigenvalue weighted by Crippen LogP contribution is -2.09. The predicted molar refractivity (Wildman–Crippen MR) is 35.7 cm³/mol. The molecule has 0 rings (SSSR count). The maximum Gasteiger partial charge on any atom is 0.0718 e. The Morgan fingerprint density at radius 3 is 2.50 bits per heavy atom. The molecule has 0 bridgehead atoms. The van der Waals surface area contributed by atoms with Gasteiger partial charge in [0.15, 0.2) is 0 Å². The van der Waals surface area contributed by atoms with Gasteiger partial charge in [-0.3, -0.25) is 0 Å². The topological polar surface area (TPSA) is 26.0 Å². The minimum Gasteiger partial charge on any atom is -0.317 e. The SMILES string of the molecule is C=CC(N)S[SiH3]. The molecule has 1 nitrogen and oxygen atoms in total. The van der Waals surface area contributed by atoms with Gasteiger partial charge in [-0.15, -0.1) is 6.58 Å². The van der Waals surface area contributed by atoms with Crippen LogP contribution in [0.25, 0.3) is 0 Å². The summed E-state index contributed by atoms with van der Waals surface area (Å²) in [5.74, 6) is 0. The molecule has 0 saturated heterocycles. The van der Waals surface area contributed by atoms with Crippen LogP contribution in [0.2, 0.25) is 0 Å². The van der Waals surface area contributed by atoms with Crippen molar-refractivity contribution in [2.45, 2.75) is 5.37 Å². The quantitative estimate of drug-likeness (QED) is 0.300. The summed E-state index contributed by atoms with van der Waals surface area (Å²) < 4.78 is 0. The molecule has 0 radical (unpaired) electrons. The third-order valence-electron chi connectivity index (χ3n) is 0.504. The molecule has 0 aliphatic rings. The van der Waals surface area contributed by atoms with Crippen molar-refractivity contribution in [3.05, 3.63) is 12.7 Å². The first-order valence-electron chi connectivity index (χ1n) is 1.72. The second-order valence-corrected chi connectivity index (χ2v) is 3.37. The van der Waals surface area contributed by atoms with E-state index in [2.05, 4.69) is 6.58 Å². The molecule has 1 unspecified atom stereocenters. The molecule has 0 amide bonds. The third-order valence-corrected chi connectivity index (χ3v) is 2.87. The van der Waals surface area contributed by atoms with Crippen LogP contribution in [0.5, 0.6) is 0 Å². The van der Waals surface area contributed by atoms with Crippen LogP contribution in [-0.2, 0) is 0 Å². The highest BCUT2D eigenvalue weighted by atomic mass is 32.4. The molecule has 6 heavy (non-hydrogen) atoms. The summed E-state index contributed by atoms with van der Waals surface area (Å²) in [6, 6.07) is 0. The van der Waals surface area contributed by atoms with Crippen molar-refractivity contribution in [2.75, 3.05) is 0 Å². The van der Waals surface area contributed by atoms with E-state index in [1.54, 1.807) is 17.3 Å². The predicted octanol–water partition coefficient (Wildman–Crippen LogP) is -0.529. The summed E-state index contributed by atoms with van der Waals surface area (Å²) >= 11 is 1.72. The summed E-state index contributed by atoms with van der Waals surface area (Å²) in [5, 5.41) is 0.177. The molecule has 0 heterocycles. The molecule has 0 saturated carbocycles. The van der Waals surface area contributed by atoms with E-state index >= 15 is 0 Å². The monoisotopic (exact) mass is 119 g/mol. The van der Waals surface area contributed by atoms with Gasteiger partial charge in [-0.25, -0.2) is 0 Å². The van der Waals surface area contributed by atoms with Crippen LogP contribution < -0.4 is 5.73 Å². The van der Waals surface area contributed by atoms with Gasteiger partial charge >= 0.3 is 0 Å². The van der Waals surface area contributed by atoms with Gasteiger partial charge < -0.3 is 5.73 Å². The maximum atomic E-state index is 5.35. The van der Waals surface area contributed by atoms with Gasteiger partial charge in [0.1, 0.15) is 0 Å². The Kier molecular flexibility index (Phi) is 3.61. The average molecular weight is 119 g/mol. The van der Waals surface area contributed by atoms with Gasteiger partial charge in [-0.1, -0.05) is 6.08 Å². The second-order valence-electron chi connectivity index (χ2n) is 0.936. The van der Waals surface area contributed by atoms with Crippen molar-refractivity contribution in [1.29, 1.82) is 0 Å². The van der Waals surface area contributed by atoms with E-state index < -0.39 is 0 Å². The third kappa shape index (κ3) is 2.50. The minimum absolute atomic E-state index is 0.177. The zero-order chi connectivity index (χ0) is 4.99. The van der Waals surface area contributed by atoms with E-state index in [-0.39, 0.29) is 5.37 Å². The van der Waals surface area contributed by atoms with E-state index in [4.69, 9.17) is 5.73 Å². The standard InChI is InChI=1S/C3H9NSSi/c1-2-3(4)5-6/h2-3H,1,4H2,6H3. The zero-order valence-corrected chi connectivity index (χ0v) is 6.66. The molecular formula is C3H9NSSi. The van der Waals surface area contributed by atoms with Crippen molar-refractivity contribution < 1.29 is 0 Å². The summed E-state index contributed by atoms with van der Waals surface area (Å²) in [7, 11) is 1.10. The lowest BCUT2D eigenvalue weighted by Gasteiger charge is -1.95. The van der Waals surface area contributed by atoms with Gasteiger partial charge in [0.25, 0.3) is 0 Å². The number of rotatable bonds is 2. The number of nitrogens with two attached hydrogens (primary N) is 1. The fourth-order valence-electron chi connectivity index (χ4n) is 0.0962. The Balaban J connectivity index is 2.96. The van der Waals surface area contributed by atoms with Gasteiger partial charge in [0.2, 0.25) is 0 Å². The zero-order valence-electron chi connectivity index (χ0n) is 3.85. The Hall–Kier alpha value is 0.267. The highest BCUT2D eigenvalue weighted by molar-refractivity contribution is 8.20. The largest absolute Gasteiger partial charge is 0.317 e. The second kappa shape index (κ2) is 3.46. The Morgan fingerprint density at radius 2 is 2.50 bits per heavy atom.